The van der Waals surface area contributed by atoms with E-state index in [2.05, 4.69) is 5.10 Å². The van der Waals surface area contributed by atoms with E-state index in [0.717, 1.165) is 0 Å². The molecule has 2 N–H and O–H groups in total. The van der Waals surface area contributed by atoms with Crippen molar-refractivity contribution >= 4 is 5.97 Å². The fourth-order valence-electron chi connectivity index (χ4n) is 2.49. The number of aromatic nitrogens is 2. The number of nitrogens with zero attached hydrogens (tertiary/aromatic N) is 2. The Morgan fingerprint density at radius 3 is 2.71 bits per heavy atom. The Bertz CT molecular complexity index is 367. The maximum absolute atomic E-state index is 11.4. The van der Waals surface area contributed by atoms with Gasteiger partial charge in [-0.05, 0) is 38.2 Å². The number of aliphatic carboxylic acids is 1. The molecule has 1 saturated carbocycles. The molecule has 94 valence electrons. The highest BCUT2D eigenvalue weighted by atomic mass is 16.4. The molecule has 5 heteroatoms. The molecule has 0 bridgehead atoms. The second-order valence-corrected chi connectivity index (χ2v) is 4.84. The topological polar surface area (TPSA) is 75.3 Å². The summed E-state index contributed by atoms with van der Waals surface area (Å²) in [4.78, 5) is 11.4. The second kappa shape index (κ2) is 4.87. The predicted octanol–water partition coefficient (Wildman–Crippen LogP) is 1.28. The quantitative estimate of drug-likeness (QED) is 0.828. The van der Waals surface area contributed by atoms with Crippen molar-refractivity contribution in [3.8, 4) is 0 Å². The fraction of sp³-hybridized carbons (Fsp3) is 0.667. The van der Waals surface area contributed by atoms with E-state index < -0.39 is 11.4 Å². The number of hydrogen-bond acceptors (Lipinski definition) is 3. The van der Waals surface area contributed by atoms with E-state index in [1.165, 1.54) is 0 Å². The van der Waals surface area contributed by atoms with E-state index in [0.29, 0.717) is 38.6 Å². The average Bonchev–Trinajstić information content (AvgIpc) is 2.81. The molecule has 0 aromatic carbocycles. The van der Waals surface area contributed by atoms with Crippen LogP contribution < -0.4 is 0 Å². The normalized spacial score (nSPS) is 29.1. The standard InChI is InChI=1S/C12H18N2O3/c15-10-2-4-12(5-3-10,11(16)17)6-9-14-8-1-7-13-14/h1,7-8,10,15H,2-6,9H2,(H,16,17). The SMILES string of the molecule is O=C(O)C1(CCn2cccn2)CCC(O)CC1. The summed E-state index contributed by atoms with van der Waals surface area (Å²) >= 11 is 0. The van der Waals surface area contributed by atoms with Crippen LogP contribution in [0.1, 0.15) is 32.1 Å². The highest BCUT2D eigenvalue weighted by Gasteiger charge is 2.41. The second-order valence-electron chi connectivity index (χ2n) is 4.84. The van der Waals surface area contributed by atoms with Gasteiger partial charge in [-0.25, -0.2) is 0 Å². The summed E-state index contributed by atoms with van der Waals surface area (Å²) in [6, 6.07) is 1.83. The van der Waals surface area contributed by atoms with Crippen molar-refractivity contribution in [1.82, 2.24) is 9.78 Å². The zero-order valence-electron chi connectivity index (χ0n) is 9.75. The van der Waals surface area contributed by atoms with Crippen LogP contribution >= 0.6 is 0 Å². The van der Waals surface area contributed by atoms with Gasteiger partial charge >= 0.3 is 5.97 Å². The lowest BCUT2D eigenvalue weighted by molar-refractivity contribution is -0.153. The van der Waals surface area contributed by atoms with E-state index in [-0.39, 0.29) is 6.10 Å². The van der Waals surface area contributed by atoms with Gasteiger partial charge in [-0.15, -0.1) is 0 Å². The van der Waals surface area contributed by atoms with Crippen LogP contribution in [0.4, 0.5) is 0 Å². The first kappa shape index (κ1) is 12.1. The van der Waals surface area contributed by atoms with Crippen molar-refractivity contribution in [1.29, 1.82) is 0 Å². The summed E-state index contributed by atoms with van der Waals surface area (Å²) in [5, 5.41) is 22.9. The Morgan fingerprint density at radius 2 is 2.18 bits per heavy atom. The third-order valence-electron chi connectivity index (χ3n) is 3.74. The molecule has 1 aromatic heterocycles. The van der Waals surface area contributed by atoms with Gasteiger partial charge in [0, 0.05) is 18.9 Å². The van der Waals surface area contributed by atoms with Crippen LogP contribution in [0.5, 0.6) is 0 Å². The lowest BCUT2D eigenvalue weighted by Gasteiger charge is -2.35. The maximum atomic E-state index is 11.4. The third-order valence-corrected chi connectivity index (χ3v) is 3.74. The molecule has 0 aliphatic heterocycles. The maximum Gasteiger partial charge on any atom is 0.309 e. The molecule has 2 rings (SSSR count). The Balaban J connectivity index is 2.00. The molecule has 0 atom stereocenters. The molecular formula is C12H18N2O3. The zero-order valence-corrected chi connectivity index (χ0v) is 9.75. The molecule has 0 spiro atoms. The van der Waals surface area contributed by atoms with E-state index in [9.17, 15) is 15.0 Å². The van der Waals surface area contributed by atoms with Gasteiger partial charge in [-0.1, -0.05) is 0 Å². The molecule has 1 heterocycles. The van der Waals surface area contributed by atoms with Crippen LogP contribution in [0.15, 0.2) is 18.5 Å². The van der Waals surface area contributed by atoms with Gasteiger partial charge in [0.05, 0.1) is 11.5 Å². The summed E-state index contributed by atoms with van der Waals surface area (Å²) in [6.07, 6.45) is 6.08. The van der Waals surface area contributed by atoms with Gasteiger partial charge < -0.3 is 10.2 Å². The van der Waals surface area contributed by atoms with E-state index >= 15 is 0 Å². The van der Waals surface area contributed by atoms with Crippen molar-refractivity contribution < 1.29 is 15.0 Å². The summed E-state index contributed by atoms with van der Waals surface area (Å²) in [7, 11) is 0. The van der Waals surface area contributed by atoms with Gasteiger partial charge in [-0.3, -0.25) is 9.48 Å². The Kier molecular flexibility index (Phi) is 3.47. The number of rotatable bonds is 4. The van der Waals surface area contributed by atoms with Gasteiger partial charge in [0.2, 0.25) is 0 Å². The molecule has 5 nitrogen and oxygen atoms in total. The van der Waals surface area contributed by atoms with Crippen LogP contribution in [-0.2, 0) is 11.3 Å². The first-order valence-corrected chi connectivity index (χ1v) is 6.01. The minimum Gasteiger partial charge on any atom is -0.481 e. The Hall–Kier alpha value is -1.36. The molecule has 1 aromatic rings. The highest BCUT2D eigenvalue weighted by Crippen LogP contribution is 2.40. The predicted molar refractivity (Wildman–Crippen MR) is 61.4 cm³/mol. The summed E-state index contributed by atoms with van der Waals surface area (Å²) < 4.78 is 1.76. The smallest absolute Gasteiger partial charge is 0.309 e. The summed E-state index contributed by atoms with van der Waals surface area (Å²) in [6.45, 7) is 0.620. The van der Waals surface area contributed by atoms with E-state index in [1.54, 1.807) is 10.9 Å². The Labute approximate surface area is 100 Å². The number of carbonyl (C=O) groups is 1. The molecule has 0 saturated heterocycles. The zero-order chi connectivity index (χ0) is 12.3. The number of carboxylic acid groups (broad SMARTS) is 1. The first-order valence-electron chi connectivity index (χ1n) is 6.01. The molecule has 1 aliphatic carbocycles. The molecular weight excluding hydrogens is 220 g/mol. The van der Waals surface area contributed by atoms with Crippen molar-refractivity contribution in [2.24, 2.45) is 5.41 Å². The van der Waals surface area contributed by atoms with Crippen LogP contribution in [0.2, 0.25) is 0 Å². The number of carboxylic acids is 1. The average molecular weight is 238 g/mol. The minimum atomic E-state index is -0.739. The van der Waals surface area contributed by atoms with Gasteiger partial charge in [0.1, 0.15) is 0 Å². The van der Waals surface area contributed by atoms with Crippen LogP contribution in [0.25, 0.3) is 0 Å². The lowest BCUT2D eigenvalue weighted by Crippen LogP contribution is -2.37. The fourth-order valence-corrected chi connectivity index (χ4v) is 2.49. The highest BCUT2D eigenvalue weighted by molar-refractivity contribution is 5.74. The van der Waals surface area contributed by atoms with Crippen molar-refractivity contribution in [2.75, 3.05) is 0 Å². The number of aryl methyl sites for hydroxylation is 1. The third kappa shape index (κ3) is 2.66. The van der Waals surface area contributed by atoms with Crippen LogP contribution in [-0.4, -0.2) is 32.1 Å². The largest absolute Gasteiger partial charge is 0.481 e. The monoisotopic (exact) mass is 238 g/mol. The Morgan fingerprint density at radius 1 is 1.47 bits per heavy atom. The summed E-state index contributed by atoms with van der Waals surface area (Å²) in [5.74, 6) is -0.739. The molecule has 17 heavy (non-hydrogen) atoms. The number of hydrogen-bond donors (Lipinski definition) is 2. The molecule has 1 aliphatic rings. The molecule has 0 unspecified atom stereocenters. The van der Waals surface area contributed by atoms with Crippen molar-refractivity contribution in [3.05, 3.63) is 18.5 Å². The molecule has 0 radical (unpaired) electrons. The number of aliphatic hydroxyl groups is 1. The van der Waals surface area contributed by atoms with E-state index in [1.807, 2.05) is 12.3 Å². The molecule has 1 fully saturated rings. The van der Waals surface area contributed by atoms with Crippen molar-refractivity contribution in [2.45, 2.75) is 44.8 Å². The summed E-state index contributed by atoms with van der Waals surface area (Å²) in [5.41, 5.74) is -0.675. The van der Waals surface area contributed by atoms with Gasteiger partial charge in [-0.2, -0.15) is 5.10 Å². The van der Waals surface area contributed by atoms with Crippen LogP contribution in [0.3, 0.4) is 0 Å². The molecule has 0 amide bonds. The van der Waals surface area contributed by atoms with Gasteiger partial charge in [0.15, 0.2) is 0 Å². The number of aliphatic hydroxyl groups excluding tert-OH is 1. The minimum absolute atomic E-state index is 0.327. The van der Waals surface area contributed by atoms with E-state index in [4.69, 9.17) is 0 Å². The first-order chi connectivity index (χ1) is 8.12. The lowest BCUT2D eigenvalue weighted by atomic mass is 9.71. The van der Waals surface area contributed by atoms with Crippen molar-refractivity contribution in [3.63, 3.8) is 0 Å². The van der Waals surface area contributed by atoms with Crippen LogP contribution in [0, 0.1) is 5.41 Å². The van der Waals surface area contributed by atoms with Gasteiger partial charge in [0.25, 0.3) is 0 Å².